The Morgan fingerprint density at radius 2 is 1.67 bits per heavy atom. The molecular formula is C26H20N2O5. The summed E-state index contributed by atoms with van der Waals surface area (Å²) >= 11 is 0. The van der Waals surface area contributed by atoms with Crippen molar-refractivity contribution >= 4 is 23.1 Å². The Morgan fingerprint density at radius 3 is 2.27 bits per heavy atom. The highest BCUT2D eigenvalue weighted by Gasteiger charge is 2.47. The van der Waals surface area contributed by atoms with Gasteiger partial charge in [0.15, 0.2) is 0 Å². The number of benzene rings is 3. The van der Waals surface area contributed by atoms with E-state index in [0.29, 0.717) is 28.3 Å². The molecule has 0 radical (unpaired) electrons. The number of nitriles is 1. The van der Waals surface area contributed by atoms with Gasteiger partial charge in [-0.25, -0.2) is 0 Å². The number of hydrogen-bond acceptors (Lipinski definition) is 6. The highest BCUT2D eigenvalue weighted by molar-refractivity contribution is 6.51. The number of rotatable bonds is 5. The molecule has 7 heteroatoms. The van der Waals surface area contributed by atoms with E-state index in [-0.39, 0.29) is 16.9 Å². The number of ether oxygens (including phenoxy) is 2. The molecule has 0 bridgehead atoms. The molecule has 1 atom stereocenters. The average Bonchev–Trinajstić information content (AvgIpc) is 3.14. The number of Topliss-reactive ketones (excluding diaryl/α,β-unsaturated/α-hetero) is 1. The summed E-state index contributed by atoms with van der Waals surface area (Å²) in [7, 11) is 2.93. The number of carbonyl (C=O) groups is 2. The number of anilines is 1. The van der Waals surface area contributed by atoms with Crippen LogP contribution in [0.15, 0.2) is 78.4 Å². The van der Waals surface area contributed by atoms with E-state index >= 15 is 0 Å². The van der Waals surface area contributed by atoms with E-state index in [0.717, 1.165) is 0 Å². The molecule has 1 aliphatic heterocycles. The first-order chi connectivity index (χ1) is 16.0. The Morgan fingerprint density at radius 1 is 0.970 bits per heavy atom. The second-order valence-electron chi connectivity index (χ2n) is 7.30. The Balaban J connectivity index is 1.96. The minimum atomic E-state index is -0.880. The van der Waals surface area contributed by atoms with Crippen molar-refractivity contribution < 1.29 is 24.2 Å². The molecule has 1 amide bonds. The number of hydrogen-bond donors (Lipinski definition) is 1. The topological polar surface area (TPSA) is 99.9 Å². The number of amides is 1. The minimum Gasteiger partial charge on any atom is -0.507 e. The molecule has 1 aliphatic rings. The minimum absolute atomic E-state index is 0.0675. The van der Waals surface area contributed by atoms with Crippen molar-refractivity contribution in [2.75, 3.05) is 19.1 Å². The van der Waals surface area contributed by atoms with Crippen molar-refractivity contribution in [2.24, 2.45) is 0 Å². The molecule has 3 aromatic rings. The van der Waals surface area contributed by atoms with Crippen LogP contribution in [0.4, 0.5) is 5.69 Å². The highest BCUT2D eigenvalue weighted by Crippen LogP contribution is 2.43. The smallest absolute Gasteiger partial charge is 0.300 e. The Hall–Kier alpha value is -4.57. The number of aliphatic hydroxyl groups is 1. The summed E-state index contributed by atoms with van der Waals surface area (Å²) in [6.07, 6.45) is 0. The van der Waals surface area contributed by atoms with Gasteiger partial charge in [-0.1, -0.05) is 30.3 Å². The molecular weight excluding hydrogens is 420 g/mol. The fraction of sp³-hybridized carbons (Fsp3) is 0.115. The van der Waals surface area contributed by atoms with Crippen LogP contribution < -0.4 is 14.4 Å². The summed E-state index contributed by atoms with van der Waals surface area (Å²) in [6.45, 7) is 0. The summed E-state index contributed by atoms with van der Waals surface area (Å²) in [5.41, 5.74) is 1.66. The normalized spacial score (nSPS) is 17.0. The van der Waals surface area contributed by atoms with Crippen molar-refractivity contribution in [3.63, 3.8) is 0 Å². The monoisotopic (exact) mass is 440 g/mol. The third kappa shape index (κ3) is 3.79. The molecule has 4 rings (SSSR count). The summed E-state index contributed by atoms with van der Waals surface area (Å²) < 4.78 is 10.6. The Labute approximate surface area is 190 Å². The predicted molar refractivity (Wildman–Crippen MR) is 122 cm³/mol. The molecule has 3 aromatic carbocycles. The number of ketones is 1. The van der Waals surface area contributed by atoms with Crippen LogP contribution in [-0.2, 0) is 9.59 Å². The van der Waals surface area contributed by atoms with E-state index in [9.17, 15) is 14.7 Å². The molecule has 1 saturated heterocycles. The van der Waals surface area contributed by atoms with Crippen molar-refractivity contribution in [1.29, 1.82) is 5.26 Å². The van der Waals surface area contributed by atoms with E-state index < -0.39 is 17.7 Å². The highest BCUT2D eigenvalue weighted by atomic mass is 16.5. The van der Waals surface area contributed by atoms with Gasteiger partial charge in [0.05, 0.1) is 43.0 Å². The van der Waals surface area contributed by atoms with Crippen LogP contribution in [0.1, 0.15) is 22.7 Å². The van der Waals surface area contributed by atoms with Gasteiger partial charge in [0.2, 0.25) is 0 Å². The zero-order valence-electron chi connectivity index (χ0n) is 18.0. The second-order valence-corrected chi connectivity index (χ2v) is 7.30. The standard InChI is InChI=1S/C26H20N2O5/c1-32-19-12-13-21(33-2)20(14-19)24(29)22-23(17-6-4-3-5-7-17)28(26(31)25(22)30)18-10-8-16(15-27)9-11-18/h3-14,23,29H,1-2H3/b24-22+. The summed E-state index contributed by atoms with van der Waals surface area (Å²) in [5.74, 6) is -1.19. The van der Waals surface area contributed by atoms with Gasteiger partial charge >= 0.3 is 0 Å². The molecule has 7 nitrogen and oxygen atoms in total. The van der Waals surface area contributed by atoms with E-state index in [1.807, 2.05) is 12.1 Å². The molecule has 164 valence electrons. The van der Waals surface area contributed by atoms with Gasteiger partial charge in [-0.3, -0.25) is 14.5 Å². The van der Waals surface area contributed by atoms with Crippen molar-refractivity contribution in [1.82, 2.24) is 0 Å². The van der Waals surface area contributed by atoms with Crippen molar-refractivity contribution in [2.45, 2.75) is 6.04 Å². The van der Waals surface area contributed by atoms with Crippen LogP contribution in [0.5, 0.6) is 11.5 Å². The van der Waals surface area contributed by atoms with E-state index in [1.54, 1.807) is 66.7 Å². The Bertz CT molecular complexity index is 1290. The van der Waals surface area contributed by atoms with Gasteiger partial charge in [0, 0.05) is 5.69 Å². The van der Waals surface area contributed by atoms with E-state index in [1.165, 1.54) is 19.1 Å². The molecule has 0 spiro atoms. The van der Waals surface area contributed by atoms with Gasteiger partial charge in [-0.15, -0.1) is 0 Å². The van der Waals surface area contributed by atoms with Crippen molar-refractivity contribution in [3.05, 3.63) is 95.1 Å². The van der Waals surface area contributed by atoms with Gasteiger partial charge in [0.1, 0.15) is 17.3 Å². The maximum absolute atomic E-state index is 13.2. The largest absolute Gasteiger partial charge is 0.507 e. The quantitative estimate of drug-likeness (QED) is 0.363. The van der Waals surface area contributed by atoms with Crippen LogP contribution in [0.25, 0.3) is 5.76 Å². The first-order valence-corrected chi connectivity index (χ1v) is 10.1. The van der Waals surface area contributed by atoms with Gasteiger partial charge in [-0.2, -0.15) is 5.26 Å². The molecule has 1 N–H and O–H groups in total. The third-order valence-electron chi connectivity index (χ3n) is 5.50. The SMILES string of the molecule is COc1ccc(OC)c(/C(O)=C2\C(=O)C(=O)N(c3ccc(C#N)cc3)C2c2ccccc2)c1. The number of nitrogens with zero attached hydrogens (tertiary/aromatic N) is 2. The summed E-state index contributed by atoms with van der Waals surface area (Å²) in [6, 6.07) is 21.3. The molecule has 1 heterocycles. The van der Waals surface area contributed by atoms with Crippen LogP contribution in [0.3, 0.4) is 0 Å². The maximum atomic E-state index is 13.2. The number of carbonyl (C=O) groups excluding carboxylic acids is 2. The van der Waals surface area contributed by atoms with Crippen LogP contribution in [-0.4, -0.2) is 31.0 Å². The zero-order chi connectivity index (χ0) is 23.5. The first-order valence-electron chi connectivity index (χ1n) is 10.1. The number of methoxy groups -OCH3 is 2. The maximum Gasteiger partial charge on any atom is 0.300 e. The summed E-state index contributed by atoms with van der Waals surface area (Å²) in [5, 5.41) is 20.4. The van der Waals surface area contributed by atoms with E-state index in [2.05, 4.69) is 0 Å². The average molecular weight is 440 g/mol. The van der Waals surface area contributed by atoms with Crippen LogP contribution in [0.2, 0.25) is 0 Å². The Kier molecular flexibility index (Phi) is 5.83. The van der Waals surface area contributed by atoms with Crippen LogP contribution >= 0.6 is 0 Å². The van der Waals surface area contributed by atoms with Crippen molar-refractivity contribution in [3.8, 4) is 17.6 Å². The molecule has 0 aromatic heterocycles. The predicted octanol–water partition coefficient (Wildman–Crippen LogP) is 4.20. The lowest BCUT2D eigenvalue weighted by Gasteiger charge is -2.25. The molecule has 0 saturated carbocycles. The zero-order valence-corrected chi connectivity index (χ0v) is 18.0. The van der Waals surface area contributed by atoms with Gasteiger partial charge in [0.25, 0.3) is 11.7 Å². The van der Waals surface area contributed by atoms with E-state index in [4.69, 9.17) is 14.7 Å². The third-order valence-corrected chi connectivity index (χ3v) is 5.50. The fourth-order valence-corrected chi connectivity index (χ4v) is 3.89. The van der Waals surface area contributed by atoms with Crippen LogP contribution in [0, 0.1) is 11.3 Å². The molecule has 33 heavy (non-hydrogen) atoms. The lowest BCUT2D eigenvalue weighted by atomic mass is 9.94. The van der Waals surface area contributed by atoms with Gasteiger partial charge in [-0.05, 0) is 48.0 Å². The molecule has 1 fully saturated rings. The fourth-order valence-electron chi connectivity index (χ4n) is 3.89. The lowest BCUT2D eigenvalue weighted by Crippen LogP contribution is -2.29. The van der Waals surface area contributed by atoms with Gasteiger partial charge < -0.3 is 14.6 Å². The second kappa shape index (κ2) is 8.89. The molecule has 0 aliphatic carbocycles. The number of aliphatic hydroxyl groups excluding tert-OH is 1. The molecule has 1 unspecified atom stereocenters. The summed E-state index contributed by atoms with van der Waals surface area (Å²) in [4.78, 5) is 27.7. The first kappa shape index (κ1) is 21.7. The lowest BCUT2D eigenvalue weighted by molar-refractivity contribution is -0.132.